The largest absolute Gasteiger partial charge is 0.478 e. The summed E-state index contributed by atoms with van der Waals surface area (Å²) in [7, 11) is 0. The first kappa shape index (κ1) is 17.0. The van der Waals surface area contributed by atoms with Crippen LogP contribution in [0, 0.1) is 0 Å². The molecule has 3 aromatic rings. The van der Waals surface area contributed by atoms with Crippen LogP contribution in [0.2, 0.25) is 0 Å². The molecule has 0 heterocycles. The van der Waals surface area contributed by atoms with Crippen LogP contribution in [0.5, 0.6) is 11.5 Å². The molecule has 4 heteroatoms. The lowest BCUT2D eigenvalue weighted by molar-refractivity contribution is -0.130. The van der Waals surface area contributed by atoms with Crippen LogP contribution in [0.4, 0.5) is 0 Å². The van der Waals surface area contributed by atoms with Gasteiger partial charge in [-0.15, -0.1) is 0 Å². The Morgan fingerprint density at radius 3 is 1.96 bits per heavy atom. The molecule has 1 N–H and O–H groups in total. The minimum atomic E-state index is -0.957. The first-order valence-electron chi connectivity index (χ1n) is 7.66. The minimum Gasteiger partial charge on any atom is -0.478 e. The van der Waals surface area contributed by atoms with Crippen LogP contribution in [0.25, 0.3) is 11.6 Å². The highest BCUT2D eigenvalue weighted by Crippen LogP contribution is 2.25. The van der Waals surface area contributed by atoms with E-state index in [1.165, 1.54) is 0 Å². The van der Waals surface area contributed by atoms with Crippen LogP contribution in [0.15, 0.2) is 83.3 Å². The van der Waals surface area contributed by atoms with Crippen molar-refractivity contribution in [1.29, 1.82) is 0 Å². The average Bonchev–Trinajstić information content (AvgIpc) is 2.63. The summed E-state index contributed by atoms with van der Waals surface area (Å²) in [6.45, 7) is 0. The van der Waals surface area contributed by atoms with Gasteiger partial charge in [0.2, 0.25) is 0 Å². The molecule has 0 aromatic heterocycles. The maximum absolute atomic E-state index is 11.5. The van der Waals surface area contributed by atoms with E-state index >= 15 is 0 Å². The van der Waals surface area contributed by atoms with Crippen LogP contribution in [0.1, 0.15) is 11.1 Å². The second-order valence-electron chi connectivity index (χ2n) is 5.35. The Morgan fingerprint density at radius 1 is 0.840 bits per heavy atom. The zero-order valence-corrected chi connectivity index (χ0v) is 14.8. The van der Waals surface area contributed by atoms with Gasteiger partial charge in [0.1, 0.15) is 11.5 Å². The Labute approximate surface area is 154 Å². The molecule has 0 radical (unpaired) electrons. The summed E-state index contributed by atoms with van der Waals surface area (Å²) in [6.07, 6.45) is 1.65. The van der Waals surface area contributed by atoms with E-state index in [1.807, 2.05) is 66.7 Å². The van der Waals surface area contributed by atoms with E-state index in [1.54, 1.807) is 18.2 Å². The molecule has 0 saturated carbocycles. The van der Waals surface area contributed by atoms with E-state index in [4.69, 9.17) is 4.74 Å². The summed E-state index contributed by atoms with van der Waals surface area (Å²) in [6, 6.07) is 23.9. The van der Waals surface area contributed by atoms with E-state index in [0.717, 1.165) is 15.8 Å². The fourth-order valence-corrected chi connectivity index (χ4v) is 2.59. The standard InChI is InChI=1S/C21H15BrO3/c22-17-8-12-19(13-9-17)25-18-10-6-15(7-11-18)14-20(21(23)24)16-4-2-1-3-5-16/h1-14H,(H,23,24)/b20-14-. The summed E-state index contributed by atoms with van der Waals surface area (Å²) >= 11 is 3.38. The Bertz CT molecular complexity index is 883. The molecule has 0 fully saturated rings. The van der Waals surface area contributed by atoms with Gasteiger partial charge < -0.3 is 9.84 Å². The van der Waals surface area contributed by atoms with Crippen molar-refractivity contribution in [2.45, 2.75) is 0 Å². The molecular formula is C21H15BrO3. The molecule has 0 aliphatic heterocycles. The molecule has 0 aliphatic rings. The minimum absolute atomic E-state index is 0.252. The monoisotopic (exact) mass is 394 g/mol. The van der Waals surface area contributed by atoms with Crippen molar-refractivity contribution in [2.75, 3.05) is 0 Å². The van der Waals surface area contributed by atoms with Crippen molar-refractivity contribution in [3.05, 3.63) is 94.5 Å². The molecule has 0 saturated heterocycles. The third-order valence-electron chi connectivity index (χ3n) is 3.56. The fourth-order valence-electron chi connectivity index (χ4n) is 2.32. The molecule has 25 heavy (non-hydrogen) atoms. The summed E-state index contributed by atoms with van der Waals surface area (Å²) in [4.78, 5) is 11.5. The maximum Gasteiger partial charge on any atom is 0.336 e. The van der Waals surface area contributed by atoms with Gasteiger partial charge in [0, 0.05) is 4.47 Å². The Hall–Kier alpha value is -2.85. The molecule has 0 atom stereocenters. The normalized spacial score (nSPS) is 11.2. The molecule has 0 amide bonds. The molecule has 0 bridgehead atoms. The summed E-state index contributed by atoms with van der Waals surface area (Å²) in [5.74, 6) is 0.472. The highest BCUT2D eigenvalue weighted by Gasteiger charge is 2.09. The second kappa shape index (κ2) is 7.81. The van der Waals surface area contributed by atoms with Gasteiger partial charge in [-0.3, -0.25) is 0 Å². The lowest BCUT2D eigenvalue weighted by Gasteiger charge is -2.07. The van der Waals surface area contributed by atoms with E-state index in [0.29, 0.717) is 11.3 Å². The maximum atomic E-state index is 11.5. The van der Waals surface area contributed by atoms with Gasteiger partial charge in [-0.1, -0.05) is 58.4 Å². The predicted octanol–water partition coefficient (Wildman–Crippen LogP) is 5.87. The molecule has 124 valence electrons. The first-order valence-corrected chi connectivity index (χ1v) is 8.45. The SMILES string of the molecule is O=C(O)/C(=C\c1ccc(Oc2ccc(Br)cc2)cc1)c1ccccc1. The molecule has 0 unspecified atom stereocenters. The van der Waals surface area contributed by atoms with Gasteiger partial charge in [-0.2, -0.15) is 0 Å². The van der Waals surface area contributed by atoms with Crippen molar-refractivity contribution >= 4 is 33.5 Å². The van der Waals surface area contributed by atoms with Crippen molar-refractivity contribution in [3.8, 4) is 11.5 Å². The fraction of sp³-hybridized carbons (Fsp3) is 0. The summed E-state index contributed by atoms with van der Waals surface area (Å²) < 4.78 is 6.76. The number of aliphatic carboxylic acids is 1. The molecule has 0 spiro atoms. The van der Waals surface area contributed by atoms with Gasteiger partial charge in [0.15, 0.2) is 0 Å². The Kier molecular flexibility index (Phi) is 5.31. The third kappa shape index (κ3) is 4.58. The van der Waals surface area contributed by atoms with Crippen LogP contribution >= 0.6 is 15.9 Å². The lowest BCUT2D eigenvalue weighted by Crippen LogP contribution is -1.99. The van der Waals surface area contributed by atoms with Gasteiger partial charge >= 0.3 is 5.97 Å². The van der Waals surface area contributed by atoms with Crippen molar-refractivity contribution in [3.63, 3.8) is 0 Å². The van der Waals surface area contributed by atoms with Gasteiger partial charge in [-0.05, 0) is 53.6 Å². The van der Waals surface area contributed by atoms with Crippen molar-refractivity contribution in [2.24, 2.45) is 0 Å². The number of rotatable bonds is 5. The Morgan fingerprint density at radius 2 is 1.40 bits per heavy atom. The molecule has 0 aliphatic carbocycles. The third-order valence-corrected chi connectivity index (χ3v) is 4.08. The lowest BCUT2D eigenvalue weighted by atomic mass is 10.0. The number of carboxylic acid groups (broad SMARTS) is 1. The molecule has 3 aromatic carbocycles. The van der Waals surface area contributed by atoms with Gasteiger partial charge in [-0.25, -0.2) is 4.79 Å². The smallest absolute Gasteiger partial charge is 0.336 e. The number of benzene rings is 3. The zero-order valence-electron chi connectivity index (χ0n) is 13.2. The summed E-state index contributed by atoms with van der Waals surface area (Å²) in [5.41, 5.74) is 1.72. The second-order valence-corrected chi connectivity index (χ2v) is 6.27. The van der Waals surface area contributed by atoms with E-state index in [-0.39, 0.29) is 5.57 Å². The van der Waals surface area contributed by atoms with Crippen molar-refractivity contribution in [1.82, 2.24) is 0 Å². The molecular weight excluding hydrogens is 380 g/mol. The quantitative estimate of drug-likeness (QED) is 0.434. The Balaban J connectivity index is 1.81. The van der Waals surface area contributed by atoms with Crippen LogP contribution < -0.4 is 4.74 Å². The van der Waals surface area contributed by atoms with Crippen LogP contribution in [0.3, 0.4) is 0 Å². The molecule has 3 rings (SSSR count). The van der Waals surface area contributed by atoms with E-state index in [2.05, 4.69) is 15.9 Å². The van der Waals surface area contributed by atoms with E-state index < -0.39 is 5.97 Å². The number of ether oxygens (including phenoxy) is 1. The first-order chi connectivity index (χ1) is 12.1. The zero-order chi connectivity index (χ0) is 17.6. The topological polar surface area (TPSA) is 46.5 Å². The number of hydrogen-bond acceptors (Lipinski definition) is 2. The molecule has 3 nitrogen and oxygen atoms in total. The summed E-state index contributed by atoms with van der Waals surface area (Å²) in [5, 5.41) is 9.46. The number of carboxylic acids is 1. The van der Waals surface area contributed by atoms with Crippen LogP contribution in [-0.4, -0.2) is 11.1 Å². The van der Waals surface area contributed by atoms with E-state index in [9.17, 15) is 9.90 Å². The van der Waals surface area contributed by atoms with Gasteiger partial charge in [0.05, 0.1) is 5.57 Å². The number of halogens is 1. The highest BCUT2D eigenvalue weighted by atomic mass is 79.9. The van der Waals surface area contributed by atoms with Crippen molar-refractivity contribution < 1.29 is 14.6 Å². The predicted molar refractivity (Wildman–Crippen MR) is 103 cm³/mol. The number of hydrogen-bond donors (Lipinski definition) is 1. The van der Waals surface area contributed by atoms with Gasteiger partial charge in [0.25, 0.3) is 0 Å². The van der Waals surface area contributed by atoms with Crippen LogP contribution in [-0.2, 0) is 4.79 Å². The highest BCUT2D eigenvalue weighted by molar-refractivity contribution is 9.10. The number of carbonyl (C=O) groups is 1. The average molecular weight is 395 g/mol.